The lowest BCUT2D eigenvalue weighted by molar-refractivity contribution is -0.173. The van der Waals surface area contributed by atoms with Gasteiger partial charge in [0.2, 0.25) is 11.8 Å². The fraction of sp³-hybridized carbons (Fsp3) is 0.577. The number of rotatable bonds is 11. The number of carbonyl (C=O) groups is 3. The number of benzene rings is 1. The van der Waals surface area contributed by atoms with E-state index in [-0.39, 0.29) is 49.0 Å². The van der Waals surface area contributed by atoms with Crippen molar-refractivity contribution in [3.8, 4) is 11.5 Å². The molecule has 0 spiro atoms. The average Bonchev–Trinajstić information content (AvgIpc) is 3.40. The van der Waals surface area contributed by atoms with Gasteiger partial charge in [-0.25, -0.2) is 0 Å². The number of hydrogen-bond acceptors (Lipinski definition) is 7. The Labute approximate surface area is 237 Å². The van der Waals surface area contributed by atoms with Gasteiger partial charge in [-0.2, -0.15) is 13.2 Å². The molecule has 2 aliphatic rings. The third-order valence-corrected chi connectivity index (χ3v) is 7.67. The fourth-order valence-corrected chi connectivity index (χ4v) is 5.75. The van der Waals surface area contributed by atoms with Gasteiger partial charge >= 0.3 is 6.18 Å². The highest BCUT2D eigenvalue weighted by Crippen LogP contribution is 2.38. The molecule has 3 N–H and O–H groups in total. The molecular weight excluding hydrogens is 636 g/mol. The molecule has 0 saturated heterocycles. The molecule has 3 atom stereocenters. The summed E-state index contributed by atoms with van der Waals surface area (Å²) in [4.78, 5) is 37.9. The van der Waals surface area contributed by atoms with Crippen LogP contribution in [0.2, 0.25) is 0 Å². The molecule has 0 aliphatic heterocycles. The van der Waals surface area contributed by atoms with Gasteiger partial charge < -0.3 is 29.9 Å². The zero-order chi connectivity index (χ0) is 28.7. The predicted octanol–water partition coefficient (Wildman–Crippen LogP) is 3.00. The molecule has 0 bridgehead atoms. The first kappa shape index (κ1) is 31.1. The molecular formula is C26H32F3IN2O7. The lowest BCUT2D eigenvalue weighted by Crippen LogP contribution is -2.57. The largest absolute Gasteiger partial charge is 0.493 e. The molecule has 0 unspecified atom stereocenters. The molecule has 216 valence electrons. The molecule has 13 heteroatoms. The van der Waals surface area contributed by atoms with Crippen LogP contribution in [-0.4, -0.2) is 84.4 Å². The van der Waals surface area contributed by atoms with Crippen LogP contribution in [0.5, 0.6) is 11.5 Å². The van der Waals surface area contributed by atoms with E-state index in [1.807, 2.05) is 22.6 Å². The minimum atomic E-state index is -4.74. The summed E-state index contributed by atoms with van der Waals surface area (Å²) >= 11 is 1.89. The zero-order valence-electron chi connectivity index (χ0n) is 21.4. The SMILES string of the molecule is COc1cc(C=O)cc(I)c1O[C@H]1C=C(C(=O)NCCO)C[C@@H](N(CC(F)(F)F)C(=O)CC2CCCC2)[C@@H]1O. The molecule has 1 saturated carbocycles. The highest BCUT2D eigenvalue weighted by atomic mass is 127. The van der Waals surface area contributed by atoms with Crippen LogP contribution in [0.1, 0.15) is 48.9 Å². The number of halogens is 4. The smallest absolute Gasteiger partial charge is 0.406 e. The number of aliphatic hydroxyl groups excluding tert-OH is 2. The van der Waals surface area contributed by atoms with Gasteiger partial charge in [-0.3, -0.25) is 14.4 Å². The van der Waals surface area contributed by atoms with Crippen molar-refractivity contribution in [2.45, 2.75) is 63.0 Å². The van der Waals surface area contributed by atoms with Crippen molar-refractivity contribution in [2.75, 3.05) is 26.8 Å². The third kappa shape index (κ3) is 8.30. The maximum atomic E-state index is 13.7. The van der Waals surface area contributed by atoms with E-state index in [1.54, 1.807) is 0 Å². The van der Waals surface area contributed by atoms with E-state index < -0.39 is 42.8 Å². The minimum absolute atomic E-state index is 0.00285. The van der Waals surface area contributed by atoms with Crippen molar-refractivity contribution in [3.05, 3.63) is 32.9 Å². The molecule has 0 heterocycles. The Morgan fingerprint density at radius 1 is 1.26 bits per heavy atom. The number of aliphatic hydroxyl groups is 2. The van der Waals surface area contributed by atoms with E-state index >= 15 is 0 Å². The average molecular weight is 668 g/mol. The lowest BCUT2D eigenvalue weighted by atomic mass is 9.87. The van der Waals surface area contributed by atoms with Gasteiger partial charge in [0.05, 0.1) is 23.3 Å². The zero-order valence-corrected chi connectivity index (χ0v) is 23.5. The van der Waals surface area contributed by atoms with Gasteiger partial charge in [0, 0.05) is 30.5 Å². The van der Waals surface area contributed by atoms with E-state index in [1.165, 1.54) is 25.3 Å². The Morgan fingerprint density at radius 2 is 1.95 bits per heavy atom. The van der Waals surface area contributed by atoms with E-state index in [0.29, 0.717) is 20.3 Å². The Morgan fingerprint density at radius 3 is 2.54 bits per heavy atom. The minimum Gasteiger partial charge on any atom is -0.493 e. The summed E-state index contributed by atoms with van der Waals surface area (Å²) in [5, 5.41) is 22.9. The molecule has 2 aliphatic carbocycles. The summed E-state index contributed by atoms with van der Waals surface area (Å²) in [6.07, 6.45) is -2.94. The molecule has 3 rings (SSSR count). The van der Waals surface area contributed by atoms with Crippen LogP contribution in [0, 0.1) is 9.49 Å². The van der Waals surface area contributed by atoms with Gasteiger partial charge in [0.15, 0.2) is 11.5 Å². The standard InChI is InChI=1S/C26H32F3IN2O7/c1-38-21-9-16(13-34)8-18(30)24(21)39-20-12-17(25(37)31-6-7-33)11-19(23(20)36)32(14-26(27,28)29)22(35)10-15-4-2-3-5-15/h8-9,12-13,15,19-20,23,33,36H,2-7,10-11,14H2,1H3,(H,31,37)/t19-,20+,23+/m1/s1. The van der Waals surface area contributed by atoms with Crippen LogP contribution in [-0.2, 0) is 9.59 Å². The molecule has 39 heavy (non-hydrogen) atoms. The summed E-state index contributed by atoms with van der Waals surface area (Å²) in [6.45, 7) is -2.04. The number of hydrogen-bond donors (Lipinski definition) is 3. The number of carbonyl (C=O) groups excluding carboxylic acids is 3. The van der Waals surface area contributed by atoms with Crippen LogP contribution < -0.4 is 14.8 Å². The van der Waals surface area contributed by atoms with Crippen LogP contribution in [0.15, 0.2) is 23.8 Å². The van der Waals surface area contributed by atoms with E-state index in [0.717, 1.165) is 25.7 Å². The Balaban J connectivity index is 2.00. The molecule has 0 aromatic heterocycles. The van der Waals surface area contributed by atoms with Gasteiger partial charge in [-0.1, -0.05) is 12.8 Å². The fourth-order valence-electron chi connectivity index (χ4n) is 5.00. The Kier molecular flexibility index (Phi) is 11.0. The Hall–Kier alpha value is -2.39. The highest BCUT2D eigenvalue weighted by molar-refractivity contribution is 14.1. The molecule has 2 amide bonds. The number of nitrogens with zero attached hydrogens (tertiary/aromatic N) is 1. The topological polar surface area (TPSA) is 125 Å². The van der Waals surface area contributed by atoms with Crippen molar-refractivity contribution in [1.29, 1.82) is 0 Å². The summed E-state index contributed by atoms with van der Waals surface area (Å²) in [6, 6.07) is 1.48. The van der Waals surface area contributed by atoms with E-state index in [4.69, 9.17) is 14.6 Å². The van der Waals surface area contributed by atoms with Crippen molar-refractivity contribution >= 4 is 40.7 Å². The monoisotopic (exact) mass is 668 g/mol. The number of ether oxygens (including phenoxy) is 2. The van der Waals surface area contributed by atoms with Crippen LogP contribution in [0.4, 0.5) is 13.2 Å². The van der Waals surface area contributed by atoms with Crippen molar-refractivity contribution in [2.24, 2.45) is 5.92 Å². The summed E-state index contributed by atoms with van der Waals surface area (Å²) in [5.41, 5.74) is 0.294. The summed E-state index contributed by atoms with van der Waals surface area (Å²) in [5.74, 6) is -1.20. The lowest BCUT2D eigenvalue weighted by Gasteiger charge is -2.41. The van der Waals surface area contributed by atoms with Crippen molar-refractivity contribution < 1.29 is 47.2 Å². The second kappa shape index (κ2) is 13.8. The van der Waals surface area contributed by atoms with Gasteiger partial charge in [-0.05, 0) is 59.6 Å². The molecule has 9 nitrogen and oxygen atoms in total. The number of methoxy groups -OCH3 is 1. The van der Waals surface area contributed by atoms with Gasteiger partial charge in [-0.15, -0.1) is 0 Å². The quantitative estimate of drug-likeness (QED) is 0.245. The second-order valence-corrected chi connectivity index (χ2v) is 10.8. The number of aldehydes is 1. The van der Waals surface area contributed by atoms with Gasteiger partial charge in [0.1, 0.15) is 25.0 Å². The van der Waals surface area contributed by atoms with Crippen molar-refractivity contribution in [1.82, 2.24) is 10.2 Å². The molecule has 1 aromatic carbocycles. The molecule has 1 aromatic rings. The highest BCUT2D eigenvalue weighted by Gasteiger charge is 2.45. The van der Waals surface area contributed by atoms with Crippen molar-refractivity contribution in [3.63, 3.8) is 0 Å². The first-order valence-corrected chi connectivity index (χ1v) is 13.7. The summed E-state index contributed by atoms with van der Waals surface area (Å²) < 4.78 is 52.8. The molecule has 0 radical (unpaired) electrons. The molecule has 1 fully saturated rings. The Bertz CT molecular complexity index is 1080. The van der Waals surface area contributed by atoms with Crippen LogP contribution >= 0.6 is 22.6 Å². The predicted molar refractivity (Wildman–Crippen MR) is 142 cm³/mol. The van der Waals surface area contributed by atoms with Crippen LogP contribution in [0.3, 0.4) is 0 Å². The first-order chi connectivity index (χ1) is 18.5. The van der Waals surface area contributed by atoms with E-state index in [9.17, 15) is 32.7 Å². The second-order valence-electron chi connectivity index (χ2n) is 9.66. The van der Waals surface area contributed by atoms with Gasteiger partial charge in [0.25, 0.3) is 0 Å². The third-order valence-electron chi connectivity index (χ3n) is 6.86. The first-order valence-electron chi connectivity index (χ1n) is 12.6. The maximum Gasteiger partial charge on any atom is 0.406 e. The summed E-state index contributed by atoms with van der Waals surface area (Å²) in [7, 11) is 1.34. The number of amides is 2. The normalized spacial score (nSPS) is 21.7. The number of nitrogens with one attached hydrogen (secondary N) is 1. The van der Waals surface area contributed by atoms with E-state index in [2.05, 4.69) is 5.32 Å². The van der Waals surface area contributed by atoms with Crippen LogP contribution in [0.25, 0.3) is 0 Å². The number of alkyl halides is 3. The maximum absolute atomic E-state index is 13.7.